The number of unbranched alkanes of at least 4 members (excludes halogenated alkanes) is 3. The van der Waals surface area contributed by atoms with Crippen molar-refractivity contribution in [3.05, 3.63) is 62.9 Å². The average Bonchev–Trinajstić information content (AvgIpc) is 3.46. The number of terminal acetylenes is 1. The number of benzene rings is 1. The summed E-state index contributed by atoms with van der Waals surface area (Å²) in [5.41, 5.74) is 5.17. The molecule has 1 atom stereocenters. The zero-order chi connectivity index (χ0) is 22.8. The van der Waals surface area contributed by atoms with Crippen LogP contribution in [0.5, 0.6) is 0 Å². The third kappa shape index (κ3) is 6.58. The second-order valence-corrected chi connectivity index (χ2v) is 9.68. The molecule has 32 heavy (non-hydrogen) atoms. The molecule has 4 heteroatoms. The lowest BCUT2D eigenvalue weighted by atomic mass is 9.89. The van der Waals surface area contributed by atoms with Crippen molar-refractivity contribution in [2.75, 3.05) is 13.7 Å². The van der Waals surface area contributed by atoms with Gasteiger partial charge in [0.1, 0.15) is 4.88 Å². The van der Waals surface area contributed by atoms with E-state index in [4.69, 9.17) is 16.3 Å². The van der Waals surface area contributed by atoms with Crippen molar-refractivity contribution in [3.8, 4) is 12.3 Å². The second-order valence-electron chi connectivity index (χ2n) is 8.51. The van der Waals surface area contributed by atoms with E-state index in [-0.39, 0.29) is 5.97 Å². The Morgan fingerprint density at radius 3 is 2.59 bits per heavy atom. The Morgan fingerprint density at radius 1 is 1.09 bits per heavy atom. The largest absolute Gasteiger partial charge is 0.465 e. The molecular formula is C28H34O3S. The van der Waals surface area contributed by atoms with Gasteiger partial charge in [-0.05, 0) is 86.1 Å². The van der Waals surface area contributed by atoms with E-state index in [9.17, 15) is 4.79 Å². The molecule has 2 aromatic rings. The molecule has 0 aliphatic heterocycles. The Balaban J connectivity index is 1.56. The fourth-order valence-corrected chi connectivity index (χ4v) is 5.55. The fraction of sp³-hybridized carbons (Fsp3) is 0.464. The summed E-state index contributed by atoms with van der Waals surface area (Å²) in [7, 11) is 1.42. The number of carbonyl (C=O) groups is 1. The maximum absolute atomic E-state index is 11.7. The highest BCUT2D eigenvalue weighted by atomic mass is 32.1. The lowest BCUT2D eigenvalue weighted by Gasteiger charge is -2.16. The molecule has 1 N–H and O–H groups in total. The van der Waals surface area contributed by atoms with E-state index >= 15 is 0 Å². The zero-order valence-electron chi connectivity index (χ0n) is 19.1. The van der Waals surface area contributed by atoms with Gasteiger partial charge < -0.3 is 9.84 Å². The van der Waals surface area contributed by atoms with Crippen LogP contribution in [0.4, 0.5) is 0 Å². The molecule has 0 fully saturated rings. The van der Waals surface area contributed by atoms with Gasteiger partial charge in [0.05, 0.1) is 7.11 Å². The topological polar surface area (TPSA) is 46.5 Å². The minimum atomic E-state index is -0.255. The Morgan fingerprint density at radius 2 is 1.88 bits per heavy atom. The molecule has 0 bridgehead atoms. The molecule has 170 valence electrons. The van der Waals surface area contributed by atoms with Gasteiger partial charge in [0.15, 0.2) is 0 Å². The molecule has 1 aliphatic rings. The molecule has 0 amide bonds. The molecular weight excluding hydrogens is 416 g/mol. The maximum atomic E-state index is 11.7. The molecule has 3 rings (SSSR count). The van der Waals surface area contributed by atoms with E-state index in [0.29, 0.717) is 17.4 Å². The number of aliphatic hydroxyl groups is 1. The standard InChI is InChI=1S/C28H34O3S/c1-3-22-16-17-23(10-8-11-25-18-19-26(32-25)28(30)31-2)27(22)24-14-12-21(13-15-24)9-6-4-5-7-20-29/h1,12-15,18-19,23,29H,4-11,16-17,20H2,2H3/t23-/m0/s1. The van der Waals surface area contributed by atoms with Gasteiger partial charge in [-0.3, -0.25) is 0 Å². The summed E-state index contributed by atoms with van der Waals surface area (Å²) in [5.74, 6) is 3.20. The molecule has 3 nitrogen and oxygen atoms in total. The van der Waals surface area contributed by atoms with Crippen LogP contribution in [0.1, 0.15) is 77.0 Å². The number of hydrogen-bond donors (Lipinski definition) is 1. The van der Waals surface area contributed by atoms with Crippen molar-refractivity contribution < 1.29 is 14.6 Å². The molecule has 1 aliphatic carbocycles. The SMILES string of the molecule is C#CC1=C(c2ccc(CCCCCCO)cc2)[C@@H](CCCc2ccc(C(=O)OC)s2)CC1. The first kappa shape index (κ1) is 24.3. The number of ether oxygens (including phenoxy) is 1. The van der Waals surface area contributed by atoms with E-state index in [1.54, 1.807) is 0 Å². The van der Waals surface area contributed by atoms with Gasteiger partial charge in [-0.2, -0.15) is 0 Å². The highest BCUT2D eigenvalue weighted by Gasteiger charge is 2.25. The molecule has 0 radical (unpaired) electrons. The van der Waals surface area contributed by atoms with Crippen LogP contribution < -0.4 is 0 Å². The summed E-state index contributed by atoms with van der Waals surface area (Å²) in [6, 6.07) is 12.9. The molecule has 0 saturated carbocycles. The predicted molar refractivity (Wildman–Crippen MR) is 133 cm³/mol. The van der Waals surface area contributed by atoms with Gasteiger partial charge in [0.25, 0.3) is 0 Å². The van der Waals surface area contributed by atoms with Crippen LogP contribution in [0.15, 0.2) is 42.0 Å². The van der Waals surface area contributed by atoms with Gasteiger partial charge in [-0.1, -0.05) is 43.0 Å². The summed E-state index contributed by atoms with van der Waals surface area (Å²) in [5, 5.41) is 8.89. The van der Waals surface area contributed by atoms with E-state index in [1.165, 1.54) is 52.9 Å². The number of hydrogen-bond acceptors (Lipinski definition) is 4. The molecule has 1 heterocycles. The second kappa shape index (κ2) is 12.6. The third-order valence-corrected chi connectivity index (χ3v) is 7.44. The normalized spacial score (nSPS) is 15.7. The molecule has 0 spiro atoms. The Labute approximate surface area is 196 Å². The van der Waals surface area contributed by atoms with Crippen LogP contribution >= 0.6 is 11.3 Å². The van der Waals surface area contributed by atoms with Gasteiger partial charge in [-0.25, -0.2) is 4.79 Å². The van der Waals surface area contributed by atoms with Crippen molar-refractivity contribution in [1.82, 2.24) is 0 Å². The molecule has 0 saturated heterocycles. The minimum Gasteiger partial charge on any atom is -0.465 e. The van der Waals surface area contributed by atoms with Crippen LogP contribution in [-0.4, -0.2) is 24.8 Å². The predicted octanol–water partition coefficient (Wildman–Crippen LogP) is 6.45. The summed E-state index contributed by atoms with van der Waals surface area (Å²) >= 11 is 1.53. The fourth-order valence-electron chi connectivity index (χ4n) is 4.58. The van der Waals surface area contributed by atoms with Crippen LogP contribution in [0.2, 0.25) is 0 Å². The van der Waals surface area contributed by atoms with Crippen LogP contribution in [-0.2, 0) is 17.6 Å². The van der Waals surface area contributed by atoms with Gasteiger partial charge in [0, 0.05) is 17.1 Å². The lowest BCUT2D eigenvalue weighted by Crippen LogP contribution is -2.01. The smallest absolute Gasteiger partial charge is 0.348 e. The number of aliphatic hydroxyl groups excluding tert-OH is 1. The summed E-state index contributed by atoms with van der Waals surface area (Å²) in [6.45, 7) is 0.296. The number of esters is 1. The zero-order valence-corrected chi connectivity index (χ0v) is 19.9. The van der Waals surface area contributed by atoms with Crippen molar-refractivity contribution in [1.29, 1.82) is 0 Å². The van der Waals surface area contributed by atoms with Crippen LogP contribution in [0.25, 0.3) is 5.57 Å². The van der Waals surface area contributed by atoms with Crippen molar-refractivity contribution in [3.63, 3.8) is 0 Å². The lowest BCUT2D eigenvalue weighted by molar-refractivity contribution is 0.0606. The van der Waals surface area contributed by atoms with E-state index in [2.05, 4.69) is 30.2 Å². The van der Waals surface area contributed by atoms with E-state index in [0.717, 1.165) is 56.9 Å². The third-order valence-electron chi connectivity index (χ3n) is 6.31. The number of methoxy groups -OCH3 is 1. The maximum Gasteiger partial charge on any atom is 0.348 e. The van der Waals surface area contributed by atoms with Gasteiger partial charge in [-0.15, -0.1) is 17.8 Å². The number of carbonyl (C=O) groups excluding carboxylic acids is 1. The van der Waals surface area contributed by atoms with Crippen LogP contribution in [0, 0.1) is 18.3 Å². The van der Waals surface area contributed by atoms with Crippen molar-refractivity contribution in [2.45, 2.75) is 64.2 Å². The van der Waals surface area contributed by atoms with Gasteiger partial charge >= 0.3 is 5.97 Å². The van der Waals surface area contributed by atoms with E-state index in [1.807, 2.05) is 12.1 Å². The summed E-state index contributed by atoms with van der Waals surface area (Å²) in [6.07, 6.45) is 16.6. The number of rotatable bonds is 12. The highest BCUT2D eigenvalue weighted by molar-refractivity contribution is 7.13. The first-order valence-corrected chi connectivity index (χ1v) is 12.5. The number of aryl methyl sites for hydroxylation is 2. The number of thiophene rings is 1. The minimum absolute atomic E-state index is 0.255. The highest BCUT2D eigenvalue weighted by Crippen LogP contribution is 2.41. The first-order valence-electron chi connectivity index (χ1n) is 11.7. The first-order chi connectivity index (χ1) is 15.7. The molecule has 1 aromatic heterocycles. The summed E-state index contributed by atoms with van der Waals surface area (Å²) in [4.78, 5) is 13.6. The average molecular weight is 451 g/mol. The van der Waals surface area contributed by atoms with E-state index < -0.39 is 0 Å². The Hall–Kier alpha value is -2.35. The van der Waals surface area contributed by atoms with Crippen LogP contribution in [0.3, 0.4) is 0 Å². The molecule has 1 aromatic carbocycles. The van der Waals surface area contributed by atoms with Gasteiger partial charge in [0.2, 0.25) is 0 Å². The van der Waals surface area contributed by atoms with Crippen molar-refractivity contribution >= 4 is 22.9 Å². The quantitative estimate of drug-likeness (QED) is 0.230. The monoisotopic (exact) mass is 450 g/mol. The Kier molecular flexibility index (Phi) is 9.59. The summed E-state index contributed by atoms with van der Waals surface area (Å²) < 4.78 is 4.81. The van der Waals surface area contributed by atoms with Crippen molar-refractivity contribution in [2.24, 2.45) is 5.92 Å². The number of allylic oxidation sites excluding steroid dienone is 2. The Bertz CT molecular complexity index is 946. The molecule has 0 unspecified atom stereocenters.